The van der Waals surface area contributed by atoms with Crippen LogP contribution in [0.25, 0.3) is 0 Å². The summed E-state index contributed by atoms with van der Waals surface area (Å²) in [6.45, 7) is 7.90. The highest BCUT2D eigenvalue weighted by Gasteiger charge is 2.17. The Balaban J connectivity index is 3.87. The second-order valence-corrected chi connectivity index (χ2v) is 4.16. The van der Waals surface area contributed by atoms with Crippen LogP contribution >= 0.6 is 12.6 Å². The number of nitrogens with one attached hydrogen (secondary N) is 1. The molecule has 3 unspecified atom stereocenters. The van der Waals surface area contributed by atoms with Gasteiger partial charge < -0.3 is 5.32 Å². The van der Waals surface area contributed by atoms with Crippen LogP contribution in [0.4, 0.5) is 0 Å². The van der Waals surface area contributed by atoms with Gasteiger partial charge in [0.05, 0.1) is 0 Å². The molecule has 0 aromatic heterocycles. The molecule has 1 amide bonds. The Labute approximate surface area is 80.5 Å². The second-order valence-electron chi connectivity index (χ2n) is 3.35. The third-order valence-electron chi connectivity index (χ3n) is 2.14. The summed E-state index contributed by atoms with van der Waals surface area (Å²) in [6, 6.07) is 0.270. The SMILES string of the molecule is CCC(C)NC(=O)C(C)C(C)S. The summed E-state index contributed by atoms with van der Waals surface area (Å²) in [5.74, 6) is 0.0918. The summed E-state index contributed by atoms with van der Waals surface area (Å²) in [7, 11) is 0. The Morgan fingerprint density at radius 2 is 1.92 bits per heavy atom. The number of thiol groups is 1. The van der Waals surface area contributed by atoms with Crippen LogP contribution in [0.3, 0.4) is 0 Å². The zero-order valence-corrected chi connectivity index (χ0v) is 9.19. The fourth-order valence-corrected chi connectivity index (χ4v) is 0.831. The lowest BCUT2D eigenvalue weighted by Gasteiger charge is -2.18. The predicted octanol–water partition coefficient (Wildman–Crippen LogP) is 1.86. The zero-order chi connectivity index (χ0) is 9.72. The molecule has 0 aromatic carbocycles. The maximum Gasteiger partial charge on any atom is 0.224 e. The number of carbonyl (C=O) groups is 1. The predicted molar refractivity (Wildman–Crippen MR) is 55.5 cm³/mol. The first kappa shape index (κ1) is 11.8. The van der Waals surface area contributed by atoms with Crippen LogP contribution in [0.2, 0.25) is 0 Å². The molecule has 3 heteroatoms. The minimum Gasteiger partial charge on any atom is -0.353 e. The lowest BCUT2D eigenvalue weighted by Crippen LogP contribution is -2.38. The van der Waals surface area contributed by atoms with E-state index in [1.807, 2.05) is 20.8 Å². The van der Waals surface area contributed by atoms with Gasteiger partial charge in [-0.2, -0.15) is 12.6 Å². The highest BCUT2D eigenvalue weighted by atomic mass is 32.1. The molecule has 0 rings (SSSR count). The first-order chi connectivity index (χ1) is 5.49. The summed E-state index contributed by atoms with van der Waals surface area (Å²) in [6.07, 6.45) is 0.972. The van der Waals surface area contributed by atoms with Crippen molar-refractivity contribution in [1.29, 1.82) is 0 Å². The first-order valence-corrected chi connectivity index (χ1v) is 4.99. The maximum atomic E-state index is 11.4. The van der Waals surface area contributed by atoms with Crippen molar-refractivity contribution in [2.24, 2.45) is 5.92 Å². The Bertz CT molecular complexity index is 147. The number of carbonyl (C=O) groups excluding carboxylic acids is 1. The summed E-state index contributed by atoms with van der Waals surface area (Å²) < 4.78 is 0. The van der Waals surface area contributed by atoms with Gasteiger partial charge in [0, 0.05) is 17.2 Å². The van der Waals surface area contributed by atoms with Crippen LogP contribution in [-0.4, -0.2) is 17.2 Å². The molecule has 0 fully saturated rings. The largest absolute Gasteiger partial charge is 0.353 e. The van der Waals surface area contributed by atoms with Gasteiger partial charge in [0.15, 0.2) is 0 Å². The molecule has 3 atom stereocenters. The first-order valence-electron chi connectivity index (χ1n) is 4.47. The monoisotopic (exact) mass is 189 g/mol. The van der Waals surface area contributed by atoms with Crippen LogP contribution in [0, 0.1) is 5.92 Å². The molecule has 2 nitrogen and oxygen atoms in total. The standard InChI is InChI=1S/C9H19NOS/c1-5-6(2)10-9(11)7(3)8(4)12/h6-8,12H,5H2,1-4H3,(H,10,11). The van der Waals surface area contributed by atoms with Crippen LogP contribution < -0.4 is 5.32 Å². The zero-order valence-electron chi connectivity index (χ0n) is 8.29. The van der Waals surface area contributed by atoms with Gasteiger partial charge in [-0.05, 0) is 13.3 Å². The smallest absolute Gasteiger partial charge is 0.224 e. The number of rotatable bonds is 4. The minimum absolute atomic E-state index is 0.0117. The number of hydrogen-bond donors (Lipinski definition) is 2. The van der Waals surface area contributed by atoms with Crippen molar-refractivity contribution < 1.29 is 4.79 Å². The Kier molecular flexibility index (Phi) is 5.38. The highest BCUT2D eigenvalue weighted by Crippen LogP contribution is 2.09. The van der Waals surface area contributed by atoms with E-state index in [9.17, 15) is 4.79 Å². The van der Waals surface area contributed by atoms with Crippen LogP contribution in [-0.2, 0) is 4.79 Å². The maximum absolute atomic E-state index is 11.4. The third-order valence-corrected chi connectivity index (χ3v) is 2.59. The van der Waals surface area contributed by atoms with Gasteiger partial charge in [-0.3, -0.25) is 4.79 Å². The van der Waals surface area contributed by atoms with E-state index < -0.39 is 0 Å². The Morgan fingerprint density at radius 1 is 1.42 bits per heavy atom. The number of amides is 1. The molecule has 0 aliphatic rings. The van der Waals surface area contributed by atoms with E-state index in [2.05, 4.69) is 24.9 Å². The van der Waals surface area contributed by atoms with Crippen LogP contribution in [0.1, 0.15) is 34.1 Å². The molecule has 1 N–H and O–H groups in total. The van der Waals surface area contributed by atoms with E-state index in [-0.39, 0.29) is 23.1 Å². The summed E-state index contributed by atoms with van der Waals surface area (Å²) in [5, 5.41) is 3.04. The molecule has 0 aliphatic carbocycles. The Morgan fingerprint density at radius 3 is 2.25 bits per heavy atom. The fourth-order valence-electron chi connectivity index (χ4n) is 0.695. The van der Waals surface area contributed by atoms with Crippen molar-refractivity contribution in [3.8, 4) is 0 Å². The van der Waals surface area contributed by atoms with Gasteiger partial charge in [-0.1, -0.05) is 20.8 Å². The van der Waals surface area contributed by atoms with Gasteiger partial charge in [-0.15, -0.1) is 0 Å². The molecule has 0 spiro atoms. The van der Waals surface area contributed by atoms with Crippen molar-refractivity contribution in [3.63, 3.8) is 0 Å². The van der Waals surface area contributed by atoms with E-state index in [1.54, 1.807) is 0 Å². The lowest BCUT2D eigenvalue weighted by molar-refractivity contribution is -0.125. The molecular weight excluding hydrogens is 170 g/mol. The van der Waals surface area contributed by atoms with Crippen molar-refractivity contribution in [1.82, 2.24) is 5.32 Å². The molecule has 0 aliphatic heterocycles. The van der Waals surface area contributed by atoms with E-state index in [0.717, 1.165) is 6.42 Å². The minimum atomic E-state index is -0.0117. The molecule has 72 valence electrons. The summed E-state index contributed by atoms with van der Waals surface area (Å²) >= 11 is 4.22. The van der Waals surface area contributed by atoms with Gasteiger partial charge in [0.1, 0.15) is 0 Å². The fraction of sp³-hybridized carbons (Fsp3) is 0.889. The number of hydrogen-bond acceptors (Lipinski definition) is 2. The van der Waals surface area contributed by atoms with Crippen molar-refractivity contribution >= 4 is 18.5 Å². The summed E-state index contributed by atoms with van der Waals surface area (Å²) in [4.78, 5) is 11.4. The van der Waals surface area contributed by atoms with E-state index >= 15 is 0 Å². The molecule has 0 heterocycles. The molecule has 0 saturated carbocycles. The molecule has 0 bridgehead atoms. The van der Waals surface area contributed by atoms with E-state index in [1.165, 1.54) is 0 Å². The van der Waals surface area contributed by atoms with Crippen molar-refractivity contribution in [2.45, 2.75) is 45.4 Å². The normalized spacial score (nSPS) is 18.1. The average molecular weight is 189 g/mol. The van der Waals surface area contributed by atoms with Crippen molar-refractivity contribution in [3.05, 3.63) is 0 Å². The Hall–Kier alpha value is -0.180. The molecule has 0 saturated heterocycles. The third kappa shape index (κ3) is 4.00. The molecule has 0 radical (unpaired) electrons. The quantitative estimate of drug-likeness (QED) is 0.649. The van der Waals surface area contributed by atoms with Gasteiger partial charge in [0.2, 0.25) is 5.91 Å². The molecule has 12 heavy (non-hydrogen) atoms. The van der Waals surface area contributed by atoms with Crippen molar-refractivity contribution in [2.75, 3.05) is 0 Å². The summed E-state index contributed by atoms with van der Waals surface area (Å²) in [5.41, 5.74) is 0. The molecular formula is C9H19NOS. The van der Waals surface area contributed by atoms with Crippen LogP contribution in [0.15, 0.2) is 0 Å². The van der Waals surface area contributed by atoms with Gasteiger partial charge in [0.25, 0.3) is 0 Å². The topological polar surface area (TPSA) is 29.1 Å². The highest BCUT2D eigenvalue weighted by molar-refractivity contribution is 7.81. The average Bonchev–Trinajstić information content (AvgIpc) is 2.02. The van der Waals surface area contributed by atoms with Gasteiger partial charge in [-0.25, -0.2) is 0 Å². The van der Waals surface area contributed by atoms with E-state index in [4.69, 9.17) is 0 Å². The molecule has 0 aromatic rings. The second kappa shape index (κ2) is 5.46. The van der Waals surface area contributed by atoms with E-state index in [0.29, 0.717) is 0 Å². The van der Waals surface area contributed by atoms with Gasteiger partial charge >= 0.3 is 0 Å². The lowest BCUT2D eigenvalue weighted by atomic mass is 10.1. The van der Waals surface area contributed by atoms with Crippen LogP contribution in [0.5, 0.6) is 0 Å².